The quantitative estimate of drug-likeness (QED) is 0.793. The van der Waals surface area contributed by atoms with Crippen molar-refractivity contribution in [3.05, 3.63) is 46.9 Å². The summed E-state index contributed by atoms with van der Waals surface area (Å²) in [5.41, 5.74) is 1.71. The fourth-order valence-electron chi connectivity index (χ4n) is 2.41. The van der Waals surface area contributed by atoms with Crippen molar-refractivity contribution in [3.63, 3.8) is 0 Å². The van der Waals surface area contributed by atoms with Crippen LogP contribution in [0.25, 0.3) is 6.08 Å². The summed E-state index contributed by atoms with van der Waals surface area (Å²) in [4.78, 5) is 26.2. The molecule has 122 valence electrons. The number of anilines is 1. The van der Waals surface area contributed by atoms with Gasteiger partial charge in [-0.05, 0) is 24.6 Å². The van der Waals surface area contributed by atoms with E-state index >= 15 is 0 Å². The fraction of sp³-hybridized carbons (Fsp3) is 0.294. The van der Waals surface area contributed by atoms with Gasteiger partial charge in [-0.15, -0.1) is 0 Å². The summed E-state index contributed by atoms with van der Waals surface area (Å²) in [5.74, 6) is -1.04. The van der Waals surface area contributed by atoms with Gasteiger partial charge < -0.3 is 19.1 Å². The fourth-order valence-corrected chi connectivity index (χ4v) is 2.41. The Balaban J connectivity index is 2.78. The number of hydrogen-bond acceptors (Lipinski definition) is 6. The minimum absolute atomic E-state index is 0.0416. The van der Waals surface area contributed by atoms with Crippen molar-refractivity contribution in [2.45, 2.75) is 6.92 Å². The zero-order chi connectivity index (χ0) is 17.0. The predicted molar refractivity (Wildman–Crippen MR) is 85.5 cm³/mol. The standard InChI is InChI=1S/C17H19NO5/c1-5-23-15-14(17(20)22-4)12(16(19)21-3)10-11-8-6-7-9-13(11)18(15)2/h6-10H,5H2,1-4H3. The van der Waals surface area contributed by atoms with E-state index in [9.17, 15) is 9.59 Å². The lowest BCUT2D eigenvalue weighted by Crippen LogP contribution is -2.25. The second kappa shape index (κ2) is 7.00. The van der Waals surface area contributed by atoms with Crippen molar-refractivity contribution in [1.82, 2.24) is 0 Å². The van der Waals surface area contributed by atoms with Crippen LogP contribution in [0.5, 0.6) is 0 Å². The lowest BCUT2D eigenvalue weighted by molar-refractivity contribution is -0.139. The van der Waals surface area contributed by atoms with E-state index < -0.39 is 11.9 Å². The Hall–Kier alpha value is -2.76. The van der Waals surface area contributed by atoms with Crippen LogP contribution in [-0.4, -0.2) is 39.8 Å². The van der Waals surface area contributed by atoms with E-state index in [-0.39, 0.29) is 17.0 Å². The topological polar surface area (TPSA) is 65.1 Å². The second-order valence-corrected chi connectivity index (χ2v) is 4.77. The largest absolute Gasteiger partial charge is 0.478 e. The number of carbonyl (C=O) groups is 2. The van der Waals surface area contributed by atoms with Gasteiger partial charge >= 0.3 is 11.9 Å². The molecule has 0 amide bonds. The monoisotopic (exact) mass is 317 g/mol. The molecule has 0 spiro atoms. The Labute approximate surface area is 134 Å². The minimum atomic E-state index is -0.662. The summed E-state index contributed by atoms with van der Waals surface area (Å²) < 4.78 is 15.3. The lowest BCUT2D eigenvalue weighted by Gasteiger charge is -2.24. The molecule has 1 aromatic rings. The average molecular weight is 317 g/mol. The van der Waals surface area contributed by atoms with E-state index in [4.69, 9.17) is 14.2 Å². The molecule has 6 nitrogen and oxygen atoms in total. The Morgan fingerprint density at radius 1 is 1.09 bits per heavy atom. The molecular weight excluding hydrogens is 298 g/mol. The molecule has 6 heteroatoms. The number of ether oxygens (including phenoxy) is 3. The molecule has 0 unspecified atom stereocenters. The molecule has 0 saturated carbocycles. The van der Waals surface area contributed by atoms with E-state index in [2.05, 4.69) is 0 Å². The second-order valence-electron chi connectivity index (χ2n) is 4.77. The zero-order valence-corrected chi connectivity index (χ0v) is 13.6. The molecule has 1 heterocycles. The number of methoxy groups -OCH3 is 2. The molecule has 2 rings (SSSR count). The lowest BCUT2D eigenvalue weighted by atomic mass is 10.0. The third-order valence-electron chi connectivity index (χ3n) is 3.46. The van der Waals surface area contributed by atoms with Crippen molar-refractivity contribution < 1.29 is 23.8 Å². The Bertz CT molecular complexity index is 690. The van der Waals surface area contributed by atoms with E-state index in [1.165, 1.54) is 14.2 Å². The van der Waals surface area contributed by atoms with Gasteiger partial charge in [0.05, 0.1) is 32.1 Å². The van der Waals surface area contributed by atoms with E-state index in [0.717, 1.165) is 11.3 Å². The third-order valence-corrected chi connectivity index (χ3v) is 3.46. The van der Waals surface area contributed by atoms with Crippen LogP contribution in [0.1, 0.15) is 12.5 Å². The van der Waals surface area contributed by atoms with Gasteiger partial charge in [0.2, 0.25) is 5.88 Å². The van der Waals surface area contributed by atoms with Gasteiger partial charge in [0.15, 0.2) is 0 Å². The molecule has 1 aliphatic heterocycles. The van der Waals surface area contributed by atoms with Crippen molar-refractivity contribution in [1.29, 1.82) is 0 Å². The van der Waals surface area contributed by atoms with Gasteiger partial charge in [0.25, 0.3) is 0 Å². The molecule has 1 aromatic carbocycles. The molecule has 0 aromatic heterocycles. The summed E-state index contributed by atoms with van der Waals surface area (Å²) in [6.07, 6.45) is 1.61. The van der Waals surface area contributed by atoms with Crippen LogP contribution in [-0.2, 0) is 23.8 Å². The first-order chi connectivity index (χ1) is 11.0. The van der Waals surface area contributed by atoms with Crippen LogP contribution in [0.4, 0.5) is 5.69 Å². The van der Waals surface area contributed by atoms with Crippen LogP contribution in [0.2, 0.25) is 0 Å². The number of nitrogens with zero attached hydrogens (tertiary/aromatic N) is 1. The predicted octanol–water partition coefficient (Wildman–Crippen LogP) is 2.11. The van der Waals surface area contributed by atoms with Gasteiger partial charge in [-0.3, -0.25) is 0 Å². The minimum Gasteiger partial charge on any atom is -0.478 e. The highest BCUT2D eigenvalue weighted by Crippen LogP contribution is 2.34. The molecule has 1 aliphatic rings. The average Bonchev–Trinajstić information content (AvgIpc) is 2.70. The molecule has 0 aliphatic carbocycles. The van der Waals surface area contributed by atoms with E-state index in [1.807, 2.05) is 24.3 Å². The zero-order valence-electron chi connectivity index (χ0n) is 13.6. The normalized spacial score (nSPS) is 13.7. The maximum atomic E-state index is 12.3. The van der Waals surface area contributed by atoms with Crippen molar-refractivity contribution >= 4 is 23.7 Å². The van der Waals surface area contributed by atoms with Gasteiger partial charge in [0.1, 0.15) is 5.57 Å². The van der Waals surface area contributed by atoms with Crippen LogP contribution in [0.15, 0.2) is 41.3 Å². The van der Waals surface area contributed by atoms with Crippen LogP contribution in [0, 0.1) is 0 Å². The number of hydrogen-bond donors (Lipinski definition) is 0. The molecule has 0 saturated heterocycles. The van der Waals surface area contributed by atoms with Crippen LogP contribution in [0.3, 0.4) is 0 Å². The van der Waals surface area contributed by atoms with Gasteiger partial charge in [-0.2, -0.15) is 0 Å². The molecule has 0 atom stereocenters. The third kappa shape index (κ3) is 3.06. The maximum absolute atomic E-state index is 12.3. The molecule has 0 N–H and O–H groups in total. The number of rotatable bonds is 4. The molecule has 0 bridgehead atoms. The van der Waals surface area contributed by atoms with Crippen LogP contribution < -0.4 is 4.90 Å². The first kappa shape index (κ1) is 16.6. The van der Waals surface area contributed by atoms with Crippen molar-refractivity contribution in [3.8, 4) is 0 Å². The number of para-hydroxylation sites is 1. The SMILES string of the molecule is CCOC1=C(C(=O)OC)C(C(=O)OC)=Cc2ccccc2N1C. The molecule has 0 fully saturated rings. The summed E-state index contributed by atoms with van der Waals surface area (Å²) in [6, 6.07) is 7.44. The number of carbonyl (C=O) groups excluding carboxylic acids is 2. The highest BCUT2D eigenvalue weighted by molar-refractivity contribution is 6.11. The Kier molecular flexibility index (Phi) is 5.05. The number of fused-ring (bicyclic) bond motifs is 1. The van der Waals surface area contributed by atoms with Gasteiger partial charge in [-0.25, -0.2) is 9.59 Å². The van der Waals surface area contributed by atoms with Crippen molar-refractivity contribution in [2.75, 3.05) is 32.8 Å². The smallest absolute Gasteiger partial charge is 0.344 e. The maximum Gasteiger partial charge on any atom is 0.344 e. The molecular formula is C17H19NO5. The molecule has 0 radical (unpaired) electrons. The van der Waals surface area contributed by atoms with E-state index in [1.54, 1.807) is 24.9 Å². The first-order valence-corrected chi connectivity index (χ1v) is 7.13. The Morgan fingerprint density at radius 2 is 1.74 bits per heavy atom. The van der Waals surface area contributed by atoms with E-state index in [0.29, 0.717) is 6.61 Å². The summed E-state index contributed by atoms with van der Waals surface area (Å²) in [7, 11) is 4.28. The summed E-state index contributed by atoms with van der Waals surface area (Å²) >= 11 is 0. The Morgan fingerprint density at radius 3 is 2.35 bits per heavy atom. The summed E-state index contributed by atoms with van der Waals surface area (Å²) in [6.45, 7) is 2.13. The van der Waals surface area contributed by atoms with Crippen molar-refractivity contribution in [2.24, 2.45) is 0 Å². The highest BCUT2D eigenvalue weighted by Gasteiger charge is 2.32. The summed E-state index contributed by atoms with van der Waals surface area (Å²) in [5, 5.41) is 0. The first-order valence-electron chi connectivity index (χ1n) is 7.13. The highest BCUT2D eigenvalue weighted by atomic mass is 16.5. The molecule has 23 heavy (non-hydrogen) atoms. The van der Waals surface area contributed by atoms with Crippen LogP contribution >= 0.6 is 0 Å². The number of benzene rings is 1. The number of esters is 2. The van der Waals surface area contributed by atoms with Gasteiger partial charge in [0, 0.05) is 7.05 Å². The van der Waals surface area contributed by atoms with Gasteiger partial charge in [-0.1, -0.05) is 18.2 Å².